The minimum atomic E-state index is -0.631. The summed E-state index contributed by atoms with van der Waals surface area (Å²) in [6.07, 6.45) is 1.62. The first-order chi connectivity index (χ1) is 14.5. The monoisotopic (exact) mass is 421 g/mol. The second-order valence-electron chi connectivity index (χ2n) is 6.35. The average Bonchev–Trinajstić information content (AvgIpc) is 3.33. The molecule has 4 rings (SSSR count). The molecule has 0 saturated heterocycles. The summed E-state index contributed by atoms with van der Waals surface area (Å²) >= 11 is 1.35. The number of furan rings is 1. The molecule has 0 spiro atoms. The van der Waals surface area contributed by atoms with Crippen molar-refractivity contribution >= 4 is 35.3 Å². The molecular weight excluding hydrogens is 406 g/mol. The van der Waals surface area contributed by atoms with Gasteiger partial charge in [0.1, 0.15) is 11.5 Å². The molecule has 150 valence electrons. The molecule has 2 aromatic carbocycles. The van der Waals surface area contributed by atoms with Crippen LogP contribution < -0.4 is 0 Å². The van der Waals surface area contributed by atoms with E-state index in [-0.39, 0.29) is 35.0 Å². The van der Waals surface area contributed by atoms with Crippen molar-refractivity contribution in [3.8, 4) is 11.3 Å². The number of thioether (sulfide) groups is 1. The maximum Gasteiger partial charge on any atom is 0.338 e. The van der Waals surface area contributed by atoms with Crippen LogP contribution in [0.25, 0.3) is 17.4 Å². The Morgan fingerprint density at radius 2 is 1.97 bits per heavy atom. The highest BCUT2D eigenvalue weighted by molar-refractivity contribution is 8.04. The molecule has 1 aliphatic rings. The van der Waals surface area contributed by atoms with Gasteiger partial charge in [0, 0.05) is 16.5 Å². The van der Waals surface area contributed by atoms with E-state index in [4.69, 9.17) is 9.15 Å². The van der Waals surface area contributed by atoms with Crippen molar-refractivity contribution in [1.82, 2.24) is 0 Å². The third-order valence-corrected chi connectivity index (χ3v) is 5.55. The van der Waals surface area contributed by atoms with E-state index in [1.54, 1.807) is 31.2 Å². The van der Waals surface area contributed by atoms with Crippen molar-refractivity contribution in [2.75, 3.05) is 6.61 Å². The second-order valence-corrected chi connectivity index (χ2v) is 7.43. The third kappa shape index (κ3) is 3.65. The summed E-state index contributed by atoms with van der Waals surface area (Å²) in [6, 6.07) is 14.6. The number of hydrogen-bond acceptors (Lipinski definition) is 7. The van der Waals surface area contributed by atoms with Gasteiger partial charge in [0.05, 0.1) is 27.6 Å². The number of ether oxygens (including phenoxy) is 1. The van der Waals surface area contributed by atoms with Crippen molar-refractivity contribution in [3.05, 3.63) is 86.5 Å². The standard InChI is InChI=1S/C22H15NO6S/c1-2-28-22(25)13-7-9-15(17(11-13)23(26)27)18-10-8-14(29-18)12-20-21(24)16-5-3-4-6-19(16)30-20/h3-12H,2H2,1H3. The first kappa shape index (κ1) is 19.7. The molecule has 0 bridgehead atoms. The summed E-state index contributed by atoms with van der Waals surface area (Å²) in [4.78, 5) is 36.7. The first-order valence-corrected chi connectivity index (χ1v) is 9.88. The Balaban J connectivity index is 1.65. The van der Waals surface area contributed by atoms with E-state index < -0.39 is 10.9 Å². The molecule has 0 aliphatic carbocycles. The first-order valence-electron chi connectivity index (χ1n) is 9.07. The zero-order chi connectivity index (χ0) is 21.3. The van der Waals surface area contributed by atoms with Gasteiger partial charge in [-0.05, 0) is 49.4 Å². The number of rotatable bonds is 5. The van der Waals surface area contributed by atoms with Gasteiger partial charge in [-0.1, -0.05) is 23.9 Å². The number of Topliss-reactive ketones (excluding diaryl/α,β-unsaturated/α-hetero) is 1. The van der Waals surface area contributed by atoms with Gasteiger partial charge < -0.3 is 9.15 Å². The predicted octanol–water partition coefficient (Wildman–Crippen LogP) is 5.36. The number of ketones is 1. The zero-order valence-corrected chi connectivity index (χ0v) is 16.6. The summed E-state index contributed by atoms with van der Waals surface area (Å²) in [5, 5.41) is 11.5. The molecule has 3 aromatic rings. The Kier molecular flexibility index (Phi) is 5.24. The largest absolute Gasteiger partial charge is 0.462 e. The van der Waals surface area contributed by atoms with Crippen LogP contribution in [0.2, 0.25) is 0 Å². The quantitative estimate of drug-likeness (QED) is 0.237. The summed E-state index contributed by atoms with van der Waals surface area (Å²) < 4.78 is 10.7. The van der Waals surface area contributed by atoms with Gasteiger partial charge in [-0.2, -0.15) is 0 Å². The zero-order valence-electron chi connectivity index (χ0n) is 15.8. The predicted molar refractivity (Wildman–Crippen MR) is 111 cm³/mol. The summed E-state index contributed by atoms with van der Waals surface area (Å²) in [5.41, 5.74) is 0.692. The number of allylic oxidation sites excluding steroid dienone is 1. The maximum atomic E-state index is 12.5. The van der Waals surface area contributed by atoms with Crippen LogP contribution in [0, 0.1) is 10.1 Å². The number of nitrogens with zero attached hydrogens (tertiary/aromatic N) is 1. The number of nitro benzene ring substituents is 1. The van der Waals surface area contributed by atoms with Crippen LogP contribution in [0.5, 0.6) is 0 Å². The molecule has 0 saturated carbocycles. The van der Waals surface area contributed by atoms with Gasteiger partial charge in [0.25, 0.3) is 5.69 Å². The van der Waals surface area contributed by atoms with Crippen LogP contribution in [0.4, 0.5) is 5.69 Å². The van der Waals surface area contributed by atoms with Crippen molar-refractivity contribution < 1.29 is 23.7 Å². The van der Waals surface area contributed by atoms with E-state index in [1.807, 2.05) is 18.2 Å². The van der Waals surface area contributed by atoms with E-state index >= 15 is 0 Å². The lowest BCUT2D eigenvalue weighted by Gasteiger charge is -2.04. The van der Waals surface area contributed by atoms with Gasteiger partial charge in [-0.25, -0.2) is 4.79 Å². The Labute approximate surface area is 175 Å². The SMILES string of the molecule is CCOC(=O)c1ccc(-c2ccc(C=C3Sc4ccccc4C3=O)o2)c([N+](=O)[O-])c1. The number of esters is 1. The van der Waals surface area contributed by atoms with Crippen molar-refractivity contribution in [2.24, 2.45) is 0 Å². The van der Waals surface area contributed by atoms with E-state index in [2.05, 4.69) is 0 Å². The Bertz CT molecular complexity index is 1210. The van der Waals surface area contributed by atoms with E-state index in [1.165, 1.54) is 30.0 Å². The second kappa shape index (κ2) is 8.00. The molecule has 0 amide bonds. The van der Waals surface area contributed by atoms with Crippen LogP contribution in [-0.2, 0) is 4.74 Å². The normalized spacial score (nSPS) is 14.0. The highest BCUT2D eigenvalue weighted by Crippen LogP contribution is 2.41. The van der Waals surface area contributed by atoms with E-state index in [9.17, 15) is 19.7 Å². The lowest BCUT2D eigenvalue weighted by Crippen LogP contribution is -2.05. The highest BCUT2D eigenvalue weighted by Gasteiger charge is 2.26. The van der Waals surface area contributed by atoms with Crippen LogP contribution in [0.15, 0.2) is 68.8 Å². The minimum absolute atomic E-state index is 0.0849. The van der Waals surface area contributed by atoms with Gasteiger partial charge in [-0.3, -0.25) is 14.9 Å². The van der Waals surface area contributed by atoms with E-state index in [0.717, 1.165) is 4.90 Å². The van der Waals surface area contributed by atoms with Gasteiger partial charge in [0.15, 0.2) is 0 Å². The average molecular weight is 421 g/mol. The van der Waals surface area contributed by atoms with Gasteiger partial charge in [0.2, 0.25) is 5.78 Å². The molecule has 30 heavy (non-hydrogen) atoms. The fraction of sp³-hybridized carbons (Fsp3) is 0.0909. The van der Waals surface area contributed by atoms with Crippen LogP contribution in [0.3, 0.4) is 0 Å². The summed E-state index contributed by atoms with van der Waals surface area (Å²) in [7, 11) is 0. The van der Waals surface area contributed by atoms with Crippen LogP contribution in [-0.4, -0.2) is 23.3 Å². The molecule has 1 aliphatic heterocycles. The Morgan fingerprint density at radius 1 is 1.17 bits per heavy atom. The number of fused-ring (bicyclic) bond motifs is 1. The number of hydrogen-bond donors (Lipinski definition) is 0. The third-order valence-electron chi connectivity index (χ3n) is 4.45. The fourth-order valence-electron chi connectivity index (χ4n) is 3.07. The molecule has 0 unspecified atom stereocenters. The van der Waals surface area contributed by atoms with Crippen LogP contribution >= 0.6 is 11.8 Å². The number of carbonyl (C=O) groups excluding carboxylic acids is 2. The lowest BCUT2D eigenvalue weighted by atomic mass is 10.1. The molecule has 7 nitrogen and oxygen atoms in total. The molecule has 1 aromatic heterocycles. The molecular formula is C22H15NO6S. The topological polar surface area (TPSA) is 99.7 Å². The number of nitro groups is 1. The molecule has 0 fully saturated rings. The molecule has 2 heterocycles. The molecule has 0 radical (unpaired) electrons. The van der Waals surface area contributed by atoms with Gasteiger partial charge >= 0.3 is 5.97 Å². The van der Waals surface area contributed by atoms with Crippen molar-refractivity contribution in [2.45, 2.75) is 11.8 Å². The lowest BCUT2D eigenvalue weighted by molar-refractivity contribution is -0.384. The number of benzene rings is 2. The number of carbonyl (C=O) groups is 2. The maximum absolute atomic E-state index is 12.5. The van der Waals surface area contributed by atoms with Crippen LogP contribution in [0.1, 0.15) is 33.4 Å². The van der Waals surface area contributed by atoms with Crippen molar-refractivity contribution in [1.29, 1.82) is 0 Å². The Hall–Kier alpha value is -3.65. The smallest absolute Gasteiger partial charge is 0.338 e. The Morgan fingerprint density at radius 3 is 2.70 bits per heavy atom. The van der Waals surface area contributed by atoms with Gasteiger partial charge in [-0.15, -0.1) is 0 Å². The highest BCUT2D eigenvalue weighted by atomic mass is 32.2. The summed E-state index contributed by atoms with van der Waals surface area (Å²) in [5.74, 6) is -0.0546. The minimum Gasteiger partial charge on any atom is -0.462 e. The molecule has 0 atom stereocenters. The summed E-state index contributed by atoms with van der Waals surface area (Å²) in [6.45, 7) is 1.83. The van der Waals surface area contributed by atoms with E-state index in [0.29, 0.717) is 16.2 Å². The fourth-order valence-corrected chi connectivity index (χ4v) is 4.10. The van der Waals surface area contributed by atoms with Crippen molar-refractivity contribution in [3.63, 3.8) is 0 Å². The molecule has 8 heteroatoms. The molecule has 0 N–H and O–H groups in total.